The maximum atomic E-state index is 7.51. The maximum Gasteiger partial charge on any atom is 0.173 e. The van der Waals surface area contributed by atoms with Gasteiger partial charge in [0.2, 0.25) is 0 Å². The topological polar surface area (TPSA) is 75.8 Å². The summed E-state index contributed by atoms with van der Waals surface area (Å²) in [7, 11) is 0. The molecule has 0 saturated heterocycles. The minimum Gasteiger partial charge on any atom is -0.358 e. The number of nitrogens with one attached hydrogen (secondary N) is 3. The van der Waals surface area contributed by atoms with Gasteiger partial charge in [-0.3, -0.25) is 5.41 Å². The van der Waals surface area contributed by atoms with Crippen molar-refractivity contribution in [1.29, 1.82) is 10.9 Å². The molecular weight excluding hydrogens is 200 g/mol. The third-order valence-corrected chi connectivity index (χ3v) is 2.90. The molecule has 0 radical (unpaired) electrons. The molecule has 0 fully saturated rings. The van der Waals surface area contributed by atoms with Crippen LogP contribution in [0.4, 0.5) is 0 Å². The third-order valence-electron chi connectivity index (χ3n) is 2.90. The zero-order chi connectivity index (χ0) is 11.7. The Kier molecular flexibility index (Phi) is 2.56. The minimum atomic E-state index is 0.000508. The summed E-state index contributed by atoms with van der Waals surface area (Å²) in [5.41, 5.74) is 11.1. The van der Waals surface area contributed by atoms with E-state index < -0.39 is 0 Å². The van der Waals surface area contributed by atoms with Crippen LogP contribution in [-0.2, 0) is 6.42 Å². The first-order chi connectivity index (χ1) is 7.67. The number of amidine groups is 1. The highest BCUT2D eigenvalue weighted by atomic mass is 15.0. The summed E-state index contributed by atoms with van der Waals surface area (Å²) in [6.45, 7) is 4.18. The molecule has 0 bridgehead atoms. The van der Waals surface area contributed by atoms with Gasteiger partial charge in [-0.25, -0.2) is 5.53 Å². The number of H-pyrrole nitrogens is 1. The average Bonchev–Trinajstić information content (AvgIpc) is 2.64. The summed E-state index contributed by atoms with van der Waals surface area (Å²) in [5, 5.41) is 11.8. The molecule has 16 heavy (non-hydrogen) atoms. The molecule has 82 valence electrons. The van der Waals surface area contributed by atoms with Crippen molar-refractivity contribution in [3.63, 3.8) is 0 Å². The van der Waals surface area contributed by atoms with Crippen molar-refractivity contribution in [3.8, 4) is 0 Å². The van der Waals surface area contributed by atoms with Gasteiger partial charge in [0.1, 0.15) is 0 Å². The predicted molar refractivity (Wildman–Crippen MR) is 64.4 cm³/mol. The van der Waals surface area contributed by atoms with Gasteiger partial charge in [-0.1, -0.05) is 6.92 Å². The Hall–Kier alpha value is -1.97. The summed E-state index contributed by atoms with van der Waals surface area (Å²) in [6.07, 6.45) is 0.968. The van der Waals surface area contributed by atoms with Crippen LogP contribution >= 0.6 is 0 Å². The fraction of sp³-hybridized carbons (Fsp3) is 0.250. The molecule has 4 heteroatoms. The van der Waals surface area contributed by atoms with Gasteiger partial charge in [0.15, 0.2) is 5.84 Å². The highest BCUT2D eigenvalue weighted by Gasteiger charge is 2.08. The molecule has 0 unspecified atom stereocenters. The quantitative estimate of drug-likeness (QED) is 0.389. The van der Waals surface area contributed by atoms with E-state index >= 15 is 0 Å². The number of nitrogens with zero attached hydrogens (tertiary/aromatic N) is 1. The monoisotopic (exact) mass is 214 g/mol. The van der Waals surface area contributed by atoms with E-state index in [0.29, 0.717) is 5.56 Å². The van der Waals surface area contributed by atoms with Crippen molar-refractivity contribution < 1.29 is 0 Å². The van der Waals surface area contributed by atoms with Crippen LogP contribution in [0.2, 0.25) is 0 Å². The molecule has 0 spiro atoms. The van der Waals surface area contributed by atoms with Gasteiger partial charge in [0.05, 0.1) is 0 Å². The summed E-state index contributed by atoms with van der Waals surface area (Å²) < 4.78 is 0. The van der Waals surface area contributed by atoms with Gasteiger partial charge >= 0.3 is 0 Å². The van der Waals surface area contributed by atoms with E-state index in [1.54, 1.807) is 0 Å². The van der Waals surface area contributed by atoms with Crippen molar-refractivity contribution in [2.24, 2.45) is 5.11 Å². The van der Waals surface area contributed by atoms with Crippen LogP contribution in [-0.4, -0.2) is 10.8 Å². The molecule has 1 aromatic heterocycles. The first-order valence-corrected chi connectivity index (χ1v) is 5.25. The lowest BCUT2D eigenvalue weighted by molar-refractivity contribution is 1.05. The number of rotatable bonds is 2. The second-order valence-corrected chi connectivity index (χ2v) is 3.80. The van der Waals surface area contributed by atoms with Crippen LogP contribution in [0.3, 0.4) is 0 Å². The molecule has 0 aliphatic carbocycles. The van der Waals surface area contributed by atoms with Gasteiger partial charge in [0, 0.05) is 22.2 Å². The smallest absolute Gasteiger partial charge is 0.173 e. The van der Waals surface area contributed by atoms with Gasteiger partial charge in [-0.2, -0.15) is 0 Å². The molecule has 1 heterocycles. The highest BCUT2D eigenvalue weighted by molar-refractivity contribution is 6.00. The van der Waals surface area contributed by atoms with Gasteiger partial charge < -0.3 is 4.98 Å². The molecule has 0 aliphatic heterocycles. The second kappa shape index (κ2) is 3.89. The van der Waals surface area contributed by atoms with Crippen LogP contribution < -0.4 is 0 Å². The molecular formula is C12H14N4. The van der Waals surface area contributed by atoms with Crippen molar-refractivity contribution in [1.82, 2.24) is 4.98 Å². The molecule has 0 amide bonds. The van der Waals surface area contributed by atoms with Gasteiger partial charge in [0.25, 0.3) is 0 Å². The van der Waals surface area contributed by atoms with Crippen LogP contribution in [0.25, 0.3) is 10.9 Å². The zero-order valence-corrected chi connectivity index (χ0v) is 9.39. The zero-order valence-electron chi connectivity index (χ0n) is 9.39. The first kappa shape index (κ1) is 10.5. The van der Waals surface area contributed by atoms with Crippen LogP contribution in [0, 0.1) is 17.9 Å². The Morgan fingerprint density at radius 3 is 2.81 bits per heavy atom. The number of hydrogen-bond donors (Lipinski definition) is 3. The van der Waals surface area contributed by atoms with Crippen LogP contribution in [0.15, 0.2) is 23.3 Å². The molecule has 0 atom stereocenters. The lowest BCUT2D eigenvalue weighted by Crippen LogP contribution is -1.92. The number of fused-ring (bicyclic) bond motifs is 1. The molecule has 2 rings (SSSR count). The molecule has 4 nitrogen and oxygen atoms in total. The van der Waals surface area contributed by atoms with E-state index in [1.807, 2.05) is 18.2 Å². The first-order valence-electron chi connectivity index (χ1n) is 5.25. The standard InChI is InChI=1S/C12H14N4/c1-3-10-7(2)9-6-8(12(13)16-14)4-5-11(9)15-10/h4-6,13-15H,3H2,1-2H3. The summed E-state index contributed by atoms with van der Waals surface area (Å²) in [6, 6.07) is 5.68. The van der Waals surface area contributed by atoms with Crippen molar-refractivity contribution >= 4 is 16.7 Å². The lowest BCUT2D eigenvalue weighted by atomic mass is 10.1. The van der Waals surface area contributed by atoms with E-state index in [-0.39, 0.29) is 5.84 Å². The number of aromatic amines is 1. The minimum absolute atomic E-state index is 0.000508. The fourth-order valence-corrected chi connectivity index (χ4v) is 1.95. The normalized spacial score (nSPS) is 10.6. The number of aromatic nitrogens is 1. The third kappa shape index (κ3) is 1.52. The largest absolute Gasteiger partial charge is 0.358 e. The van der Waals surface area contributed by atoms with E-state index in [2.05, 4.69) is 23.9 Å². The van der Waals surface area contributed by atoms with E-state index in [1.165, 1.54) is 11.3 Å². The SMILES string of the molecule is CCc1[nH]c2ccc(C(=N)N=N)cc2c1C. The molecule has 0 aliphatic rings. The summed E-state index contributed by atoms with van der Waals surface area (Å²) in [4.78, 5) is 3.35. The summed E-state index contributed by atoms with van der Waals surface area (Å²) >= 11 is 0. The Balaban J connectivity index is 2.65. The van der Waals surface area contributed by atoms with E-state index in [0.717, 1.165) is 17.3 Å². The van der Waals surface area contributed by atoms with Gasteiger partial charge in [-0.05, 0) is 37.1 Å². The Bertz CT molecular complexity index is 566. The molecule has 3 N–H and O–H groups in total. The number of aryl methyl sites for hydroxylation is 2. The van der Waals surface area contributed by atoms with E-state index in [4.69, 9.17) is 10.9 Å². The van der Waals surface area contributed by atoms with Gasteiger partial charge in [-0.15, -0.1) is 5.11 Å². The van der Waals surface area contributed by atoms with Crippen LogP contribution in [0.5, 0.6) is 0 Å². The number of benzene rings is 1. The van der Waals surface area contributed by atoms with Crippen molar-refractivity contribution in [2.75, 3.05) is 0 Å². The van der Waals surface area contributed by atoms with E-state index in [9.17, 15) is 0 Å². The van der Waals surface area contributed by atoms with Crippen LogP contribution in [0.1, 0.15) is 23.7 Å². The van der Waals surface area contributed by atoms with Crippen molar-refractivity contribution in [3.05, 3.63) is 35.0 Å². The second-order valence-electron chi connectivity index (χ2n) is 3.80. The van der Waals surface area contributed by atoms with Crippen molar-refractivity contribution in [2.45, 2.75) is 20.3 Å². The Labute approximate surface area is 93.7 Å². The predicted octanol–water partition coefficient (Wildman–Crippen LogP) is 3.40. The lowest BCUT2D eigenvalue weighted by Gasteiger charge is -1.98. The fourth-order valence-electron chi connectivity index (χ4n) is 1.95. The highest BCUT2D eigenvalue weighted by Crippen LogP contribution is 2.23. The maximum absolute atomic E-state index is 7.51. The molecule has 1 aromatic carbocycles. The molecule has 0 saturated carbocycles. The Morgan fingerprint density at radius 1 is 1.44 bits per heavy atom. The average molecular weight is 214 g/mol. The summed E-state index contributed by atoms with van der Waals surface area (Å²) in [5.74, 6) is 0.000508. The Morgan fingerprint density at radius 2 is 2.19 bits per heavy atom. The number of hydrogen-bond acceptors (Lipinski definition) is 2. The molecule has 2 aromatic rings.